The predicted octanol–water partition coefficient (Wildman–Crippen LogP) is 6.07. The highest BCUT2D eigenvalue weighted by Gasteiger charge is 2.37. The van der Waals surface area contributed by atoms with Crippen LogP contribution in [0.15, 0.2) is 49.2 Å². The third-order valence-corrected chi connectivity index (χ3v) is 6.00. The van der Waals surface area contributed by atoms with Crippen LogP contribution >= 0.6 is 23.2 Å². The van der Waals surface area contributed by atoms with E-state index >= 15 is 0 Å². The van der Waals surface area contributed by atoms with Crippen molar-refractivity contribution in [3.8, 4) is 11.1 Å². The molecule has 164 valence electrons. The van der Waals surface area contributed by atoms with Crippen molar-refractivity contribution in [2.45, 2.75) is 39.0 Å². The molecule has 1 aliphatic heterocycles. The third kappa shape index (κ3) is 5.66. The second-order valence-electron chi connectivity index (χ2n) is 8.09. The predicted molar refractivity (Wildman–Crippen MR) is 123 cm³/mol. The Kier molecular flexibility index (Phi) is 7.74. The number of hydroxylamine groups is 2. The number of amides is 1. The fourth-order valence-corrected chi connectivity index (χ4v) is 4.28. The number of allylic oxidation sites excluding steroid dienone is 1. The molecule has 1 saturated heterocycles. The number of piperidine rings is 1. The highest BCUT2D eigenvalue weighted by Crippen LogP contribution is 2.39. The molecule has 0 bridgehead atoms. The van der Waals surface area contributed by atoms with Gasteiger partial charge in [-0.25, -0.2) is 4.79 Å². The molecule has 1 amide bonds. The van der Waals surface area contributed by atoms with Gasteiger partial charge in [0.05, 0.1) is 23.7 Å². The number of benzene rings is 1. The molecule has 0 radical (unpaired) electrons. The maximum atomic E-state index is 12.7. The van der Waals surface area contributed by atoms with E-state index in [1.165, 1.54) is 5.06 Å². The van der Waals surface area contributed by atoms with Gasteiger partial charge in [-0.3, -0.25) is 9.78 Å². The number of carbonyl (C=O) groups excluding carboxylic acids is 2. The summed E-state index contributed by atoms with van der Waals surface area (Å²) in [6.45, 7) is 7.71. The van der Waals surface area contributed by atoms with Crippen molar-refractivity contribution in [3.05, 3.63) is 64.9 Å². The molecule has 31 heavy (non-hydrogen) atoms. The number of aromatic nitrogens is 1. The number of rotatable bonds is 7. The Hall–Kier alpha value is -2.37. The zero-order valence-electron chi connectivity index (χ0n) is 17.7. The first kappa shape index (κ1) is 23.3. The number of hydrogen-bond acceptors (Lipinski definition) is 4. The van der Waals surface area contributed by atoms with Gasteiger partial charge in [-0.1, -0.05) is 55.3 Å². The van der Waals surface area contributed by atoms with Crippen LogP contribution in [0, 0.1) is 11.8 Å². The molecular weight excluding hydrogens is 435 g/mol. The fraction of sp³-hybridized carbons (Fsp3) is 0.375. The zero-order valence-corrected chi connectivity index (χ0v) is 19.2. The van der Waals surface area contributed by atoms with E-state index in [0.29, 0.717) is 22.9 Å². The number of halogens is 2. The first-order chi connectivity index (χ1) is 14.8. The van der Waals surface area contributed by atoms with E-state index < -0.39 is 5.97 Å². The van der Waals surface area contributed by atoms with Gasteiger partial charge in [-0.05, 0) is 42.5 Å². The van der Waals surface area contributed by atoms with E-state index in [9.17, 15) is 9.59 Å². The first-order valence-corrected chi connectivity index (χ1v) is 11.1. The maximum Gasteiger partial charge on any atom is 0.332 e. The van der Waals surface area contributed by atoms with Crippen molar-refractivity contribution in [2.75, 3.05) is 6.54 Å². The number of pyridine rings is 1. The van der Waals surface area contributed by atoms with E-state index in [4.69, 9.17) is 28.0 Å². The quantitative estimate of drug-likeness (QED) is 0.470. The molecule has 1 aromatic heterocycles. The molecule has 2 aromatic rings. The smallest absolute Gasteiger partial charge is 0.332 e. The molecule has 0 spiro atoms. The summed E-state index contributed by atoms with van der Waals surface area (Å²) < 4.78 is 0. The van der Waals surface area contributed by atoms with E-state index in [0.717, 1.165) is 16.8 Å². The van der Waals surface area contributed by atoms with E-state index in [2.05, 4.69) is 11.6 Å². The molecule has 1 aliphatic rings. The average Bonchev–Trinajstić information content (AvgIpc) is 2.72. The zero-order chi connectivity index (χ0) is 22.5. The summed E-state index contributed by atoms with van der Waals surface area (Å²) in [7, 11) is 0. The van der Waals surface area contributed by atoms with Gasteiger partial charge in [0.25, 0.3) is 5.91 Å². The normalized spacial score (nSPS) is 19.7. The Morgan fingerprint density at radius 2 is 2.03 bits per heavy atom. The van der Waals surface area contributed by atoms with Gasteiger partial charge < -0.3 is 4.84 Å². The average molecular weight is 461 g/mol. The van der Waals surface area contributed by atoms with Gasteiger partial charge in [-0.2, -0.15) is 5.06 Å². The van der Waals surface area contributed by atoms with Crippen LogP contribution < -0.4 is 0 Å². The molecule has 0 saturated carbocycles. The Bertz CT molecular complexity index is 962. The van der Waals surface area contributed by atoms with E-state index in [1.807, 2.05) is 26.0 Å². The molecule has 0 aliphatic carbocycles. The summed E-state index contributed by atoms with van der Waals surface area (Å²) in [6, 6.07) is 9.13. The van der Waals surface area contributed by atoms with Gasteiger partial charge >= 0.3 is 5.97 Å². The summed E-state index contributed by atoms with van der Waals surface area (Å²) >= 11 is 12.6. The molecule has 7 heteroatoms. The molecule has 1 aromatic carbocycles. The van der Waals surface area contributed by atoms with Crippen LogP contribution in [0.5, 0.6) is 0 Å². The van der Waals surface area contributed by atoms with Crippen LogP contribution in [0.4, 0.5) is 0 Å². The summed E-state index contributed by atoms with van der Waals surface area (Å²) in [5.41, 5.74) is 2.47. The lowest BCUT2D eigenvalue weighted by atomic mass is 9.85. The second-order valence-corrected chi connectivity index (χ2v) is 8.93. The van der Waals surface area contributed by atoms with Crippen LogP contribution in [0.1, 0.15) is 44.7 Å². The molecule has 3 rings (SSSR count). The van der Waals surface area contributed by atoms with Crippen LogP contribution in [0.25, 0.3) is 11.1 Å². The minimum atomic E-state index is -0.424. The van der Waals surface area contributed by atoms with Crippen molar-refractivity contribution in [1.82, 2.24) is 10.0 Å². The summed E-state index contributed by atoms with van der Waals surface area (Å²) in [5, 5.41) is 2.39. The Balaban J connectivity index is 1.85. The third-order valence-electron chi connectivity index (χ3n) is 5.44. The van der Waals surface area contributed by atoms with Crippen LogP contribution in [-0.2, 0) is 14.4 Å². The van der Waals surface area contributed by atoms with Gasteiger partial charge in [0.15, 0.2) is 0 Å². The van der Waals surface area contributed by atoms with Gasteiger partial charge in [-0.15, -0.1) is 6.58 Å². The molecule has 0 unspecified atom stereocenters. The topological polar surface area (TPSA) is 59.5 Å². The van der Waals surface area contributed by atoms with Crippen molar-refractivity contribution in [2.24, 2.45) is 11.8 Å². The van der Waals surface area contributed by atoms with Crippen molar-refractivity contribution in [1.29, 1.82) is 0 Å². The first-order valence-electron chi connectivity index (χ1n) is 10.3. The van der Waals surface area contributed by atoms with Gasteiger partial charge in [0.1, 0.15) is 0 Å². The van der Waals surface area contributed by atoms with E-state index in [-0.39, 0.29) is 36.6 Å². The standard InChI is InChI=1S/C24H26Cl2N2O3/c1-4-5-15(2)12-21(29)31-28-14-18(13-16(3)24(28)30)23-22(20(26)10-11-27-23)17-6-8-19(25)9-7-17/h4,6-11,15-16,18H,1,5,12-14H2,2-3H3/t15-,16-,18-/m0/s1. The van der Waals surface area contributed by atoms with Gasteiger partial charge in [0, 0.05) is 28.6 Å². The number of nitrogens with zero attached hydrogens (tertiary/aromatic N) is 2. The lowest BCUT2D eigenvalue weighted by molar-refractivity contribution is -0.206. The SMILES string of the molecule is C=CC[C@H](C)CC(=O)ON1C[C@@H](c2nccc(Cl)c2-c2ccc(Cl)cc2)C[C@H](C)C1=O. The number of hydrogen-bond donors (Lipinski definition) is 0. The largest absolute Gasteiger partial charge is 0.338 e. The van der Waals surface area contributed by atoms with E-state index in [1.54, 1.807) is 30.5 Å². The second kappa shape index (κ2) is 10.3. The van der Waals surface area contributed by atoms with Crippen molar-refractivity contribution in [3.63, 3.8) is 0 Å². The fourth-order valence-electron chi connectivity index (χ4n) is 3.90. The summed E-state index contributed by atoms with van der Waals surface area (Å²) in [6.07, 6.45) is 4.95. The monoisotopic (exact) mass is 460 g/mol. The molecule has 2 heterocycles. The lowest BCUT2D eigenvalue weighted by Crippen LogP contribution is -2.45. The van der Waals surface area contributed by atoms with Crippen LogP contribution in [-0.4, -0.2) is 28.5 Å². The Morgan fingerprint density at radius 3 is 2.71 bits per heavy atom. The molecule has 0 N–H and O–H groups in total. The molecule has 3 atom stereocenters. The maximum absolute atomic E-state index is 12.7. The Morgan fingerprint density at radius 1 is 1.32 bits per heavy atom. The van der Waals surface area contributed by atoms with Gasteiger partial charge in [0.2, 0.25) is 0 Å². The van der Waals surface area contributed by atoms with Crippen molar-refractivity contribution >= 4 is 35.1 Å². The summed E-state index contributed by atoms with van der Waals surface area (Å²) in [4.78, 5) is 35.1. The Labute approximate surface area is 193 Å². The minimum Gasteiger partial charge on any atom is -0.338 e. The molecular formula is C24H26Cl2N2O3. The van der Waals surface area contributed by atoms with Crippen LogP contribution in [0.2, 0.25) is 10.0 Å². The highest BCUT2D eigenvalue weighted by atomic mass is 35.5. The summed E-state index contributed by atoms with van der Waals surface area (Å²) in [5.74, 6) is -0.959. The van der Waals surface area contributed by atoms with Crippen LogP contribution in [0.3, 0.4) is 0 Å². The molecule has 1 fully saturated rings. The van der Waals surface area contributed by atoms with Crippen molar-refractivity contribution < 1.29 is 14.4 Å². The highest BCUT2D eigenvalue weighted by molar-refractivity contribution is 6.33. The lowest BCUT2D eigenvalue weighted by Gasteiger charge is -2.35. The minimum absolute atomic E-state index is 0.101. The number of carbonyl (C=O) groups is 2. The molecule has 5 nitrogen and oxygen atoms in total.